The van der Waals surface area contributed by atoms with Gasteiger partial charge >= 0.3 is 0 Å². The van der Waals surface area contributed by atoms with Crippen LogP contribution in [-0.4, -0.2) is 31.5 Å². The van der Waals surface area contributed by atoms with Gasteiger partial charge in [0.25, 0.3) is 0 Å². The van der Waals surface area contributed by atoms with Gasteiger partial charge in [0, 0.05) is 6.26 Å². The number of carbonyl (C=O) groups excluding carboxylic acids is 1. The lowest BCUT2D eigenvalue weighted by Crippen LogP contribution is -2.21. The highest BCUT2D eigenvalue weighted by atomic mass is 32.2. The molecule has 13 heavy (non-hydrogen) atoms. The summed E-state index contributed by atoms with van der Waals surface area (Å²) in [6, 6.07) is 0. The lowest BCUT2D eigenvalue weighted by atomic mass is 10.5. The molecule has 0 radical (unpaired) electrons. The predicted molar refractivity (Wildman–Crippen MR) is 44.8 cm³/mol. The van der Waals surface area contributed by atoms with Crippen molar-refractivity contribution in [2.45, 2.75) is 0 Å². The van der Waals surface area contributed by atoms with Gasteiger partial charge in [0.2, 0.25) is 5.91 Å². The Balaban J connectivity index is 2.53. The van der Waals surface area contributed by atoms with Crippen molar-refractivity contribution >= 4 is 21.4 Å². The van der Waals surface area contributed by atoms with Crippen LogP contribution in [0.2, 0.25) is 0 Å². The van der Waals surface area contributed by atoms with E-state index in [0.29, 0.717) is 5.69 Å². The molecule has 7 heteroatoms. The lowest BCUT2D eigenvalue weighted by Gasteiger charge is -1.98. The molecule has 0 saturated heterocycles. The van der Waals surface area contributed by atoms with Gasteiger partial charge in [-0.2, -0.15) is 0 Å². The van der Waals surface area contributed by atoms with E-state index >= 15 is 0 Å². The molecule has 0 atom stereocenters. The van der Waals surface area contributed by atoms with Gasteiger partial charge in [-0.25, -0.2) is 8.42 Å². The van der Waals surface area contributed by atoms with Crippen LogP contribution in [0.1, 0.15) is 0 Å². The molecule has 1 rings (SSSR count). The van der Waals surface area contributed by atoms with E-state index < -0.39 is 21.5 Å². The van der Waals surface area contributed by atoms with E-state index in [4.69, 9.17) is 0 Å². The van der Waals surface area contributed by atoms with Crippen LogP contribution >= 0.6 is 0 Å². The number of hydrogen-bond acceptors (Lipinski definition) is 5. The Bertz CT molecular complexity index is 381. The number of carbonyl (C=O) groups is 1. The minimum absolute atomic E-state index is 0.341. The first kappa shape index (κ1) is 9.72. The Kier molecular flexibility index (Phi) is 2.66. The molecule has 0 unspecified atom stereocenters. The Morgan fingerprint density at radius 2 is 2.38 bits per heavy atom. The zero-order valence-corrected chi connectivity index (χ0v) is 7.67. The Hall–Kier alpha value is -1.37. The molecule has 0 aliphatic rings. The first-order valence-electron chi connectivity index (χ1n) is 3.34. The maximum atomic E-state index is 11.0. The van der Waals surface area contributed by atoms with E-state index in [-0.39, 0.29) is 0 Å². The van der Waals surface area contributed by atoms with Crippen LogP contribution < -0.4 is 5.32 Å². The van der Waals surface area contributed by atoms with Crippen molar-refractivity contribution in [3.8, 4) is 0 Å². The average Bonchev–Trinajstić information content (AvgIpc) is 2.34. The highest BCUT2D eigenvalue weighted by molar-refractivity contribution is 7.91. The third kappa shape index (κ3) is 3.70. The molecule has 1 aromatic rings. The van der Waals surface area contributed by atoms with Crippen molar-refractivity contribution in [2.75, 3.05) is 17.3 Å². The van der Waals surface area contributed by atoms with Gasteiger partial charge in [0.05, 0.1) is 6.20 Å². The molecular weight excluding hydrogens is 196 g/mol. The van der Waals surface area contributed by atoms with Crippen molar-refractivity contribution in [1.29, 1.82) is 0 Å². The number of amides is 1. The van der Waals surface area contributed by atoms with Crippen molar-refractivity contribution < 1.29 is 17.7 Å². The van der Waals surface area contributed by atoms with E-state index in [9.17, 15) is 13.2 Å². The summed E-state index contributed by atoms with van der Waals surface area (Å²) in [5.74, 6) is -1.15. The second-order valence-corrected chi connectivity index (χ2v) is 4.67. The molecule has 0 bridgehead atoms. The third-order valence-electron chi connectivity index (χ3n) is 1.11. The quantitative estimate of drug-likeness (QED) is 0.727. The number of nitrogens with zero attached hydrogens (tertiary/aromatic N) is 1. The van der Waals surface area contributed by atoms with Gasteiger partial charge in [-0.05, 0) is 0 Å². The average molecular weight is 204 g/mol. The summed E-state index contributed by atoms with van der Waals surface area (Å²) in [5, 5.41) is 5.64. The van der Waals surface area contributed by atoms with Crippen LogP contribution in [-0.2, 0) is 14.6 Å². The second kappa shape index (κ2) is 3.56. The molecular formula is C6H8N2O4S. The fraction of sp³-hybridized carbons (Fsp3) is 0.333. The normalized spacial score (nSPS) is 11.2. The summed E-state index contributed by atoms with van der Waals surface area (Å²) < 4.78 is 25.8. The predicted octanol–water partition coefficient (Wildman–Crippen LogP) is -0.342. The molecule has 0 aliphatic carbocycles. The minimum Gasteiger partial charge on any atom is -0.363 e. The topological polar surface area (TPSA) is 89.3 Å². The standard InChI is InChI=1S/C6H8N2O4S/c1-13(10,11)4-6(9)8-5-2-7-12-3-5/h2-3H,4H2,1H3,(H,8,9). The number of rotatable bonds is 3. The first-order chi connectivity index (χ1) is 5.97. The molecule has 0 spiro atoms. The van der Waals surface area contributed by atoms with Gasteiger partial charge in [-0.3, -0.25) is 4.79 Å². The van der Waals surface area contributed by atoms with Crippen molar-refractivity contribution in [3.05, 3.63) is 12.5 Å². The van der Waals surface area contributed by atoms with Crippen LogP contribution in [0.25, 0.3) is 0 Å². The van der Waals surface area contributed by atoms with Crippen LogP contribution in [0.3, 0.4) is 0 Å². The Labute approximate surface area is 74.8 Å². The molecule has 6 nitrogen and oxygen atoms in total. The van der Waals surface area contributed by atoms with Gasteiger partial charge in [-0.15, -0.1) is 0 Å². The van der Waals surface area contributed by atoms with Crippen molar-refractivity contribution in [3.63, 3.8) is 0 Å². The SMILES string of the molecule is CS(=O)(=O)CC(=O)Nc1cnoc1. The van der Waals surface area contributed by atoms with Crippen molar-refractivity contribution in [2.24, 2.45) is 0 Å². The largest absolute Gasteiger partial charge is 0.363 e. The van der Waals surface area contributed by atoms with E-state index in [1.165, 1.54) is 12.5 Å². The lowest BCUT2D eigenvalue weighted by molar-refractivity contribution is -0.113. The van der Waals surface area contributed by atoms with Crippen LogP contribution in [0.15, 0.2) is 17.0 Å². The molecule has 72 valence electrons. The van der Waals surface area contributed by atoms with Gasteiger partial charge in [0.15, 0.2) is 9.84 Å². The monoisotopic (exact) mass is 204 g/mol. The number of nitrogens with one attached hydrogen (secondary N) is 1. The molecule has 0 saturated carbocycles. The van der Waals surface area contributed by atoms with Crippen LogP contribution in [0.4, 0.5) is 5.69 Å². The molecule has 0 aliphatic heterocycles. The van der Waals surface area contributed by atoms with E-state index in [2.05, 4.69) is 15.0 Å². The summed E-state index contributed by atoms with van der Waals surface area (Å²) in [4.78, 5) is 11.0. The molecule has 0 aromatic carbocycles. The maximum Gasteiger partial charge on any atom is 0.239 e. The highest BCUT2D eigenvalue weighted by Gasteiger charge is 2.11. The van der Waals surface area contributed by atoms with E-state index in [1.54, 1.807) is 0 Å². The van der Waals surface area contributed by atoms with Gasteiger partial charge in [-0.1, -0.05) is 5.16 Å². The van der Waals surface area contributed by atoms with Crippen LogP contribution in [0, 0.1) is 0 Å². The number of sulfone groups is 1. The van der Waals surface area contributed by atoms with Gasteiger partial charge in [0.1, 0.15) is 17.7 Å². The summed E-state index contributed by atoms with van der Waals surface area (Å²) in [7, 11) is -3.29. The smallest absolute Gasteiger partial charge is 0.239 e. The first-order valence-corrected chi connectivity index (χ1v) is 5.40. The third-order valence-corrected chi connectivity index (χ3v) is 1.90. The molecule has 1 heterocycles. The fourth-order valence-electron chi connectivity index (χ4n) is 0.702. The van der Waals surface area contributed by atoms with Crippen LogP contribution in [0.5, 0.6) is 0 Å². The van der Waals surface area contributed by atoms with Gasteiger partial charge < -0.3 is 9.84 Å². The van der Waals surface area contributed by atoms with E-state index in [0.717, 1.165) is 6.26 Å². The number of hydrogen-bond donors (Lipinski definition) is 1. The fourth-order valence-corrected chi connectivity index (χ4v) is 1.25. The zero-order valence-electron chi connectivity index (χ0n) is 6.85. The summed E-state index contributed by atoms with van der Waals surface area (Å²) in [6.07, 6.45) is 3.47. The number of aromatic nitrogens is 1. The van der Waals surface area contributed by atoms with Crippen molar-refractivity contribution in [1.82, 2.24) is 5.16 Å². The Morgan fingerprint density at radius 1 is 1.69 bits per heavy atom. The maximum absolute atomic E-state index is 11.0. The molecule has 1 aromatic heterocycles. The zero-order chi connectivity index (χ0) is 9.90. The summed E-state index contributed by atoms with van der Waals surface area (Å²) in [6.45, 7) is 0. The second-order valence-electron chi connectivity index (χ2n) is 2.53. The highest BCUT2D eigenvalue weighted by Crippen LogP contribution is 2.03. The molecule has 0 fully saturated rings. The Morgan fingerprint density at radius 3 is 2.85 bits per heavy atom. The molecule has 1 N–H and O–H groups in total. The summed E-state index contributed by atoms with van der Waals surface area (Å²) >= 11 is 0. The molecule has 1 amide bonds. The summed E-state index contributed by atoms with van der Waals surface area (Å²) in [5.41, 5.74) is 0.341. The number of anilines is 1. The minimum atomic E-state index is -3.29. The van der Waals surface area contributed by atoms with E-state index in [1.807, 2.05) is 0 Å².